The molecule has 1 fully saturated rings. The van der Waals surface area contributed by atoms with Crippen molar-refractivity contribution in [3.63, 3.8) is 0 Å². The zero-order valence-electron chi connectivity index (χ0n) is 17.1. The SMILES string of the molecule is COc1cc([C@@H]2c3cc4c(cc3C[C@H]3COC(=O)N32)OCCO4)cc(OC)c1OC. The summed E-state index contributed by atoms with van der Waals surface area (Å²) < 4.78 is 33.5. The normalized spacial score (nSPS) is 21.4. The Labute approximate surface area is 174 Å². The molecule has 0 bridgehead atoms. The monoisotopic (exact) mass is 413 g/mol. The zero-order chi connectivity index (χ0) is 20.8. The number of fused-ring (bicyclic) bond motifs is 3. The topological polar surface area (TPSA) is 75.7 Å². The Balaban J connectivity index is 1.71. The fourth-order valence-corrected chi connectivity index (χ4v) is 4.53. The van der Waals surface area contributed by atoms with Crippen molar-refractivity contribution in [1.82, 2.24) is 4.90 Å². The molecule has 0 aromatic heterocycles. The molecule has 0 spiro atoms. The van der Waals surface area contributed by atoms with E-state index >= 15 is 0 Å². The van der Waals surface area contributed by atoms with Gasteiger partial charge >= 0.3 is 6.09 Å². The molecule has 8 heteroatoms. The third-order valence-corrected chi connectivity index (χ3v) is 5.84. The van der Waals surface area contributed by atoms with Gasteiger partial charge in [0.15, 0.2) is 23.0 Å². The van der Waals surface area contributed by atoms with Crippen LogP contribution in [0, 0.1) is 0 Å². The van der Waals surface area contributed by atoms with E-state index in [-0.39, 0.29) is 18.2 Å². The molecule has 2 aromatic rings. The Kier molecular flexibility index (Phi) is 4.49. The van der Waals surface area contributed by atoms with Crippen molar-refractivity contribution in [3.8, 4) is 28.7 Å². The molecule has 0 unspecified atom stereocenters. The van der Waals surface area contributed by atoms with Crippen LogP contribution in [-0.2, 0) is 11.2 Å². The van der Waals surface area contributed by atoms with E-state index in [1.54, 1.807) is 26.2 Å². The number of hydrogen-bond acceptors (Lipinski definition) is 7. The molecule has 3 heterocycles. The second-order valence-corrected chi connectivity index (χ2v) is 7.40. The number of cyclic esters (lactones) is 1. The highest BCUT2D eigenvalue weighted by Crippen LogP contribution is 2.48. The van der Waals surface area contributed by atoms with Gasteiger partial charge in [-0.25, -0.2) is 4.79 Å². The van der Waals surface area contributed by atoms with Gasteiger partial charge in [-0.3, -0.25) is 4.90 Å². The minimum atomic E-state index is -0.377. The molecule has 2 atom stereocenters. The van der Waals surface area contributed by atoms with Gasteiger partial charge in [-0.15, -0.1) is 0 Å². The van der Waals surface area contributed by atoms with Crippen LogP contribution in [0.2, 0.25) is 0 Å². The number of benzene rings is 2. The fourth-order valence-electron chi connectivity index (χ4n) is 4.53. The van der Waals surface area contributed by atoms with Gasteiger partial charge < -0.3 is 28.4 Å². The number of nitrogens with zero attached hydrogens (tertiary/aromatic N) is 1. The average molecular weight is 413 g/mol. The number of rotatable bonds is 4. The molecule has 1 saturated heterocycles. The fraction of sp³-hybridized carbons (Fsp3) is 0.409. The van der Waals surface area contributed by atoms with Gasteiger partial charge in [-0.05, 0) is 47.4 Å². The number of ether oxygens (including phenoxy) is 6. The summed E-state index contributed by atoms with van der Waals surface area (Å²) in [5.74, 6) is 2.98. The van der Waals surface area contributed by atoms with E-state index in [0.717, 1.165) is 22.4 Å². The Hall–Kier alpha value is -3.29. The van der Waals surface area contributed by atoms with Gasteiger partial charge in [0.2, 0.25) is 5.75 Å². The molecule has 3 aliphatic rings. The Morgan fingerprint density at radius 2 is 1.57 bits per heavy atom. The molecule has 1 amide bonds. The Bertz CT molecular complexity index is 980. The van der Waals surface area contributed by atoms with Crippen molar-refractivity contribution in [3.05, 3.63) is 41.0 Å². The molecule has 0 aliphatic carbocycles. The maximum atomic E-state index is 12.7. The first-order valence-electron chi connectivity index (χ1n) is 9.82. The number of hydrogen-bond donors (Lipinski definition) is 0. The van der Waals surface area contributed by atoms with Crippen LogP contribution >= 0.6 is 0 Å². The largest absolute Gasteiger partial charge is 0.493 e. The summed E-state index contributed by atoms with van der Waals surface area (Å²) in [6, 6.07) is 7.31. The van der Waals surface area contributed by atoms with Crippen LogP contribution in [0.1, 0.15) is 22.7 Å². The highest BCUT2D eigenvalue weighted by Gasteiger charge is 2.45. The first kappa shape index (κ1) is 18.7. The first-order valence-corrected chi connectivity index (χ1v) is 9.82. The lowest BCUT2D eigenvalue weighted by Crippen LogP contribution is -2.43. The first-order chi connectivity index (χ1) is 14.6. The van der Waals surface area contributed by atoms with Crippen molar-refractivity contribution in [2.75, 3.05) is 41.2 Å². The van der Waals surface area contributed by atoms with E-state index in [0.29, 0.717) is 49.2 Å². The summed E-state index contributed by atoms with van der Waals surface area (Å²) in [5, 5.41) is 0. The third kappa shape index (κ3) is 2.78. The summed E-state index contributed by atoms with van der Waals surface area (Å²) in [5.41, 5.74) is 2.92. The Morgan fingerprint density at radius 1 is 0.900 bits per heavy atom. The van der Waals surface area contributed by atoms with Crippen molar-refractivity contribution >= 4 is 6.09 Å². The lowest BCUT2D eigenvalue weighted by molar-refractivity contribution is 0.146. The number of methoxy groups -OCH3 is 3. The van der Waals surface area contributed by atoms with Gasteiger partial charge in [-0.1, -0.05) is 0 Å². The van der Waals surface area contributed by atoms with Gasteiger partial charge in [-0.2, -0.15) is 0 Å². The summed E-state index contributed by atoms with van der Waals surface area (Å²) in [6.07, 6.45) is 0.359. The smallest absolute Gasteiger partial charge is 0.411 e. The van der Waals surface area contributed by atoms with Gasteiger partial charge in [0, 0.05) is 0 Å². The lowest BCUT2D eigenvalue weighted by Gasteiger charge is -2.38. The quantitative estimate of drug-likeness (QED) is 0.763. The third-order valence-electron chi connectivity index (χ3n) is 5.84. The van der Waals surface area contributed by atoms with E-state index in [4.69, 9.17) is 28.4 Å². The molecule has 158 valence electrons. The second kappa shape index (κ2) is 7.19. The molecule has 5 rings (SSSR count). The predicted molar refractivity (Wildman–Crippen MR) is 106 cm³/mol. The van der Waals surface area contributed by atoms with E-state index in [1.165, 1.54) is 0 Å². The van der Waals surface area contributed by atoms with Crippen LogP contribution in [0.25, 0.3) is 0 Å². The van der Waals surface area contributed by atoms with Crippen molar-refractivity contribution in [2.45, 2.75) is 18.5 Å². The van der Waals surface area contributed by atoms with E-state index in [1.807, 2.05) is 24.3 Å². The summed E-state index contributed by atoms with van der Waals surface area (Å²) in [7, 11) is 4.71. The highest BCUT2D eigenvalue weighted by atomic mass is 16.6. The molecular weight excluding hydrogens is 390 g/mol. The molecular formula is C22H23NO7. The molecule has 8 nitrogen and oxygen atoms in total. The van der Waals surface area contributed by atoms with Crippen LogP contribution in [0.4, 0.5) is 4.79 Å². The lowest BCUT2D eigenvalue weighted by atomic mass is 9.84. The maximum absolute atomic E-state index is 12.7. The van der Waals surface area contributed by atoms with Crippen LogP contribution in [0.5, 0.6) is 28.7 Å². The molecule has 0 saturated carbocycles. The van der Waals surface area contributed by atoms with Crippen LogP contribution < -0.4 is 23.7 Å². The van der Waals surface area contributed by atoms with E-state index in [9.17, 15) is 4.79 Å². The number of carbonyl (C=O) groups is 1. The second-order valence-electron chi connectivity index (χ2n) is 7.40. The van der Waals surface area contributed by atoms with Crippen LogP contribution in [0.3, 0.4) is 0 Å². The maximum Gasteiger partial charge on any atom is 0.411 e. The highest BCUT2D eigenvalue weighted by molar-refractivity contribution is 5.73. The summed E-state index contributed by atoms with van der Waals surface area (Å²) >= 11 is 0. The predicted octanol–water partition coefficient (Wildman–Crippen LogP) is 2.95. The number of carbonyl (C=O) groups excluding carboxylic acids is 1. The van der Waals surface area contributed by atoms with Crippen molar-refractivity contribution in [1.29, 1.82) is 0 Å². The Morgan fingerprint density at radius 3 is 2.20 bits per heavy atom. The molecule has 0 radical (unpaired) electrons. The minimum absolute atomic E-state index is 0.0587. The van der Waals surface area contributed by atoms with Crippen molar-refractivity contribution in [2.24, 2.45) is 0 Å². The standard InChI is InChI=1S/C22H23NO7/c1-25-18-8-13(9-19(26-2)21(18)27-3)20-15-10-17-16(28-4-5-29-17)7-12(15)6-14-11-30-22(24)23(14)20/h7-10,14,20H,4-6,11H2,1-3H3/t14-,20+/m0/s1. The average Bonchev–Trinajstić information content (AvgIpc) is 3.15. The molecule has 30 heavy (non-hydrogen) atoms. The van der Waals surface area contributed by atoms with Crippen molar-refractivity contribution < 1.29 is 33.2 Å². The molecule has 3 aliphatic heterocycles. The van der Waals surface area contributed by atoms with Crippen LogP contribution in [0.15, 0.2) is 24.3 Å². The number of amides is 1. The van der Waals surface area contributed by atoms with E-state index in [2.05, 4.69) is 0 Å². The van der Waals surface area contributed by atoms with Gasteiger partial charge in [0.05, 0.1) is 33.4 Å². The summed E-state index contributed by atoms with van der Waals surface area (Å²) in [4.78, 5) is 14.5. The van der Waals surface area contributed by atoms with Gasteiger partial charge in [0.1, 0.15) is 19.8 Å². The van der Waals surface area contributed by atoms with Gasteiger partial charge in [0.25, 0.3) is 0 Å². The summed E-state index contributed by atoms with van der Waals surface area (Å²) in [6.45, 7) is 1.38. The van der Waals surface area contributed by atoms with Crippen LogP contribution in [-0.4, -0.2) is 58.2 Å². The molecule has 2 aromatic carbocycles. The minimum Gasteiger partial charge on any atom is -0.493 e. The van der Waals surface area contributed by atoms with E-state index < -0.39 is 0 Å². The molecule has 0 N–H and O–H groups in total. The zero-order valence-corrected chi connectivity index (χ0v) is 17.1.